The zero-order valence-electron chi connectivity index (χ0n) is 30.9. The predicted molar refractivity (Wildman–Crippen MR) is 229 cm³/mol. The molecule has 0 aliphatic heterocycles. The van der Waals surface area contributed by atoms with Crippen molar-refractivity contribution >= 4 is 86.6 Å². The summed E-state index contributed by atoms with van der Waals surface area (Å²) in [6.07, 6.45) is 1.09. The second-order valence-corrected chi connectivity index (χ2v) is 16.9. The van der Waals surface area contributed by atoms with Crippen molar-refractivity contribution in [3.8, 4) is 22.3 Å². The maximum absolute atomic E-state index is 6.72. The second-order valence-electron chi connectivity index (χ2n) is 16.9. The number of hydrogen-bond donors (Lipinski definition) is 0. The van der Waals surface area contributed by atoms with Gasteiger partial charge in [-0.1, -0.05) is 144 Å². The van der Waals surface area contributed by atoms with Gasteiger partial charge < -0.3 is 4.42 Å². The summed E-state index contributed by atoms with van der Waals surface area (Å²) in [6, 6.07) is 50.6. The molecule has 0 saturated heterocycles. The van der Waals surface area contributed by atoms with Gasteiger partial charge in [-0.15, -0.1) is 0 Å². The fourth-order valence-corrected chi connectivity index (χ4v) is 9.34. The number of furan rings is 1. The van der Waals surface area contributed by atoms with Gasteiger partial charge in [-0.05, 0) is 140 Å². The van der Waals surface area contributed by atoms with Crippen LogP contribution in [-0.4, -0.2) is 0 Å². The fourth-order valence-electron chi connectivity index (χ4n) is 9.34. The van der Waals surface area contributed by atoms with Crippen molar-refractivity contribution in [1.82, 2.24) is 0 Å². The first-order chi connectivity index (χ1) is 25.7. The average Bonchev–Trinajstić information content (AvgIpc) is 3.52. The largest absolute Gasteiger partial charge is 0.456 e. The third-order valence-electron chi connectivity index (χ3n) is 11.9. The minimum atomic E-state index is 0.0952. The van der Waals surface area contributed by atoms with Crippen LogP contribution < -0.4 is 0 Å². The number of rotatable bonds is 4. The van der Waals surface area contributed by atoms with Gasteiger partial charge in [-0.25, -0.2) is 0 Å². The molecule has 0 saturated carbocycles. The standard InChI is InChI=1S/C52H40O/c1-29(2)22-30-23-35-8-6-31-10-16-40(44-20-14-36(24-30)48(35)50(31)44)33-12-18-42-43-19-13-34(28-47(43)53-46(42)27-33)41-17-11-32-7-9-37-25-39(52(3,4)5)26-38-15-21-45(41)51(32)49(37)38/h6-21,23-29H,22H2,1-5H3. The number of fused-ring (bicyclic) bond motifs is 3. The van der Waals surface area contributed by atoms with Crippen LogP contribution >= 0.6 is 0 Å². The Bertz CT molecular complexity index is 3220. The summed E-state index contributed by atoms with van der Waals surface area (Å²) in [4.78, 5) is 0. The lowest BCUT2D eigenvalue weighted by Crippen LogP contribution is -2.10. The second kappa shape index (κ2) is 10.8. The summed E-state index contributed by atoms with van der Waals surface area (Å²) in [5.74, 6) is 0.629. The van der Waals surface area contributed by atoms with Gasteiger partial charge in [0.2, 0.25) is 0 Å². The molecule has 0 N–H and O–H groups in total. The lowest BCUT2D eigenvalue weighted by molar-refractivity contribution is 0.591. The van der Waals surface area contributed by atoms with Gasteiger partial charge in [-0.2, -0.15) is 0 Å². The third kappa shape index (κ3) is 4.56. The van der Waals surface area contributed by atoms with E-state index in [1.165, 1.54) is 98.0 Å². The molecular formula is C52H40O. The molecule has 0 radical (unpaired) electrons. The molecule has 10 aromatic carbocycles. The monoisotopic (exact) mass is 680 g/mol. The van der Waals surface area contributed by atoms with Crippen LogP contribution in [0.1, 0.15) is 45.7 Å². The molecule has 11 rings (SSSR count). The van der Waals surface area contributed by atoms with Crippen molar-refractivity contribution < 1.29 is 4.42 Å². The highest BCUT2D eigenvalue weighted by atomic mass is 16.3. The summed E-state index contributed by atoms with van der Waals surface area (Å²) in [5, 5.41) is 18.1. The quantitative estimate of drug-likeness (QED) is 0.169. The first-order valence-electron chi connectivity index (χ1n) is 19.1. The van der Waals surface area contributed by atoms with E-state index in [0.717, 1.165) is 28.4 Å². The SMILES string of the molecule is CC(C)Cc1cc2ccc3ccc(-c4ccc5c(c4)oc4cc(-c6ccc7ccc8cc(C(C)(C)C)cc9ccc6c7c89)ccc45)c4ccc(c1)c2c34. The van der Waals surface area contributed by atoms with E-state index in [9.17, 15) is 0 Å². The van der Waals surface area contributed by atoms with Crippen LogP contribution in [0.4, 0.5) is 0 Å². The Morgan fingerprint density at radius 3 is 1.32 bits per heavy atom. The maximum Gasteiger partial charge on any atom is 0.136 e. The Balaban J connectivity index is 1.03. The molecule has 0 fully saturated rings. The van der Waals surface area contributed by atoms with Crippen LogP contribution in [0.25, 0.3) is 109 Å². The molecule has 1 heteroatoms. The van der Waals surface area contributed by atoms with Crippen molar-refractivity contribution in [2.24, 2.45) is 5.92 Å². The molecule has 0 unspecified atom stereocenters. The summed E-state index contributed by atoms with van der Waals surface area (Å²) < 4.78 is 6.72. The van der Waals surface area contributed by atoms with E-state index in [-0.39, 0.29) is 5.41 Å². The lowest BCUT2D eigenvalue weighted by Gasteiger charge is -2.22. The van der Waals surface area contributed by atoms with Crippen molar-refractivity contribution in [3.63, 3.8) is 0 Å². The fraction of sp³-hybridized carbons (Fsp3) is 0.154. The maximum atomic E-state index is 6.72. The average molecular weight is 681 g/mol. The van der Waals surface area contributed by atoms with Crippen LogP contribution in [0.2, 0.25) is 0 Å². The van der Waals surface area contributed by atoms with E-state index < -0.39 is 0 Å². The van der Waals surface area contributed by atoms with E-state index >= 15 is 0 Å². The molecule has 254 valence electrons. The molecular weight excluding hydrogens is 641 g/mol. The highest BCUT2D eigenvalue weighted by Crippen LogP contribution is 2.44. The van der Waals surface area contributed by atoms with Crippen molar-refractivity contribution in [3.05, 3.63) is 145 Å². The molecule has 0 bridgehead atoms. The normalized spacial score (nSPS) is 12.9. The van der Waals surface area contributed by atoms with Crippen LogP contribution in [-0.2, 0) is 11.8 Å². The molecule has 1 nitrogen and oxygen atoms in total. The topological polar surface area (TPSA) is 13.1 Å². The molecule has 0 amide bonds. The number of benzene rings is 10. The molecule has 0 atom stereocenters. The van der Waals surface area contributed by atoms with Gasteiger partial charge in [-0.3, -0.25) is 0 Å². The number of hydrogen-bond acceptors (Lipinski definition) is 1. The van der Waals surface area contributed by atoms with Crippen LogP contribution in [0, 0.1) is 5.92 Å². The molecule has 1 heterocycles. The van der Waals surface area contributed by atoms with E-state index in [4.69, 9.17) is 4.42 Å². The summed E-state index contributed by atoms with van der Waals surface area (Å²) in [6.45, 7) is 11.5. The highest BCUT2D eigenvalue weighted by molar-refractivity contribution is 6.27. The Morgan fingerprint density at radius 1 is 0.434 bits per heavy atom. The Morgan fingerprint density at radius 2 is 0.849 bits per heavy atom. The Labute approximate surface area is 309 Å². The van der Waals surface area contributed by atoms with E-state index in [1.807, 2.05) is 0 Å². The molecule has 53 heavy (non-hydrogen) atoms. The van der Waals surface area contributed by atoms with E-state index in [2.05, 4.69) is 168 Å². The van der Waals surface area contributed by atoms with Gasteiger partial charge in [0, 0.05) is 10.8 Å². The Hall–Kier alpha value is -5.92. The molecule has 0 aliphatic carbocycles. The summed E-state index contributed by atoms with van der Waals surface area (Å²) in [7, 11) is 0. The highest BCUT2D eigenvalue weighted by Gasteiger charge is 2.19. The van der Waals surface area contributed by atoms with Gasteiger partial charge in [0.15, 0.2) is 0 Å². The van der Waals surface area contributed by atoms with Gasteiger partial charge >= 0.3 is 0 Å². The molecule has 1 aromatic heterocycles. The first-order valence-corrected chi connectivity index (χ1v) is 19.1. The minimum Gasteiger partial charge on any atom is -0.456 e. The van der Waals surface area contributed by atoms with Gasteiger partial charge in [0.25, 0.3) is 0 Å². The predicted octanol–water partition coefficient (Wildman–Crippen LogP) is 15.2. The van der Waals surface area contributed by atoms with E-state index in [1.54, 1.807) is 0 Å². The lowest BCUT2D eigenvalue weighted by atomic mass is 9.83. The molecule has 0 aliphatic rings. The van der Waals surface area contributed by atoms with Crippen molar-refractivity contribution in [2.45, 2.75) is 46.5 Å². The molecule has 11 aromatic rings. The van der Waals surface area contributed by atoms with Crippen molar-refractivity contribution in [2.75, 3.05) is 0 Å². The smallest absolute Gasteiger partial charge is 0.136 e. The summed E-state index contributed by atoms with van der Waals surface area (Å²) in [5.41, 5.74) is 9.55. The zero-order valence-corrected chi connectivity index (χ0v) is 30.9. The summed E-state index contributed by atoms with van der Waals surface area (Å²) >= 11 is 0. The van der Waals surface area contributed by atoms with Crippen LogP contribution in [0.15, 0.2) is 138 Å². The van der Waals surface area contributed by atoms with E-state index in [0.29, 0.717) is 5.92 Å². The first kappa shape index (κ1) is 30.7. The van der Waals surface area contributed by atoms with Crippen molar-refractivity contribution in [1.29, 1.82) is 0 Å². The van der Waals surface area contributed by atoms with Crippen LogP contribution in [0.5, 0.6) is 0 Å². The molecule has 0 spiro atoms. The minimum absolute atomic E-state index is 0.0952. The third-order valence-corrected chi connectivity index (χ3v) is 11.9. The van der Waals surface area contributed by atoms with Gasteiger partial charge in [0.05, 0.1) is 0 Å². The zero-order chi connectivity index (χ0) is 35.7. The Kier molecular flexibility index (Phi) is 6.26. The van der Waals surface area contributed by atoms with Crippen LogP contribution in [0.3, 0.4) is 0 Å². The van der Waals surface area contributed by atoms with Gasteiger partial charge in [0.1, 0.15) is 11.2 Å².